The van der Waals surface area contributed by atoms with Gasteiger partial charge in [-0.25, -0.2) is 9.97 Å². The van der Waals surface area contributed by atoms with Gasteiger partial charge in [-0.1, -0.05) is 336 Å². The van der Waals surface area contributed by atoms with Crippen LogP contribution in [0.15, 0.2) is 0 Å². The van der Waals surface area contributed by atoms with Crippen molar-refractivity contribution in [3.63, 3.8) is 0 Å². The lowest BCUT2D eigenvalue weighted by atomic mass is 9.96. The summed E-state index contributed by atoms with van der Waals surface area (Å²) in [5.74, 6) is 1.11. The maximum atomic E-state index is 5.27. The van der Waals surface area contributed by atoms with Gasteiger partial charge in [0.15, 0.2) is 0 Å². The Morgan fingerprint density at radius 1 is 0.200 bits per heavy atom. The molecule has 0 saturated heterocycles. The van der Waals surface area contributed by atoms with Gasteiger partial charge in [-0.05, 0) is 44.1 Å². The summed E-state index contributed by atoms with van der Waals surface area (Å²) in [4.78, 5) is 10.5. The Balaban J connectivity index is 2.40. The Hall–Kier alpha value is -0.920. The molecule has 65 heavy (non-hydrogen) atoms. The molecule has 1 heterocycles. The minimum atomic E-state index is 0.970. The molecule has 0 N–H and O–H groups in total. The Morgan fingerprint density at radius 3 is 0.554 bits per heavy atom. The van der Waals surface area contributed by atoms with E-state index < -0.39 is 0 Å². The van der Waals surface area contributed by atoms with E-state index >= 15 is 0 Å². The van der Waals surface area contributed by atoms with Gasteiger partial charge in [0.05, 0.1) is 0 Å². The Morgan fingerprint density at radius 2 is 0.369 bits per heavy atom. The quantitative estimate of drug-likeness (QED) is 0.0609. The van der Waals surface area contributed by atoms with Crippen LogP contribution in [0.3, 0.4) is 0 Å². The summed E-state index contributed by atoms with van der Waals surface area (Å²) in [5.41, 5.74) is 4.46. The lowest BCUT2D eigenvalue weighted by Crippen LogP contribution is -2.11. The normalized spacial score (nSPS) is 11.7. The number of rotatable bonds is 55. The number of nitrogens with zero attached hydrogens (tertiary/aromatic N) is 2. The van der Waals surface area contributed by atoms with Crippen molar-refractivity contribution in [3.8, 4) is 0 Å². The molecule has 0 amide bonds. The standard InChI is InChI=1S/C63H122N2/c1-5-9-12-15-18-21-24-27-30-33-36-39-42-45-48-51-54-57-60-61(58-55-52-49-46-43-40-37-34-31-28-25-22-19-16-13-10-6-2)64-63(8-4)65-62(60)59-56-53-50-47-44-41-38-35-32-29-26-23-20-17-14-11-7-3/h5-59H2,1-4H3. The summed E-state index contributed by atoms with van der Waals surface area (Å²) in [5, 5.41) is 0. The van der Waals surface area contributed by atoms with Crippen LogP contribution in [-0.4, -0.2) is 9.97 Å². The highest BCUT2D eigenvalue weighted by molar-refractivity contribution is 5.27. The third-order valence-corrected chi connectivity index (χ3v) is 15.1. The second-order valence-corrected chi connectivity index (χ2v) is 21.6. The van der Waals surface area contributed by atoms with Gasteiger partial charge in [0.25, 0.3) is 0 Å². The van der Waals surface area contributed by atoms with Gasteiger partial charge in [0, 0.05) is 17.8 Å². The van der Waals surface area contributed by atoms with Crippen LogP contribution in [0.4, 0.5) is 0 Å². The SMILES string of the molecule is CCCCCCCCCCCCCCCCCCCc1nc(CC)nc(CCCCCCCCCCCCCCCCCCC)c1CCCCCCCCCCCCCCCCCCC. The highest BCUT2D eigenvalue weighted by atomic mass is 14.9. The molecule has 0 aliphatic rings. The van der Waals surface area contributed by atoms with Gasteiger partial charge in [0.2, 0.25) is 0 Å². The molecule has 0 aliphatic carbocycles. The molecule has 0 bridgehead atoms. The second-order valence-electron chi connectivity index (χ2n) is 21.6. The molecular weight excluding hydrogens is 785 g/mol. The molecule has 2 nitrogen and oxygen atoms in total. The van der Waals surface area contributed by atoms with Crippen LogP contribution in [0.5, 0.6) is 0 Å². The maximum absolute atomic E-state index is 5.27. The molecule has 0 fully saturated rings. The van der Waals surface area contributed by atoms with Gasteiger partial charge in [-0.2, -0.15) is 0 Å². The van der Waals surface area contributed by atoms with Crippen molar-refractivity contribution >= 4 is 0 Å². The monoisotopic (exact) mass is 907 g/mol. The molecule has 0 spiro atoms. The summed E-state index contributed by atoms with van der Waals surface area (Å²) in [6, 6.07) is 0. The van der Waals surface area contributed by atoms with Crippen molar-refractivity contribution in [1.29, 1.82) is 0 Å². The van der Waals surface area contributed by atoms with Crippen molar-refractivity contribution < 1.29 is 0 Å². The molecule has 1 aromatic rings. The van der Waals surface area contributed by atoms with Gasteiger partial charge >= 0.3 is 0 Å². The fraction of sp³-hybridized carbons (Fsp3) is 0.937. The zero-order valence-electron chi connectivity index (χ0n) is 45.8. The summed E-state index contributed by atoms with van der Waals surface area (Å²) in [6.45, 7) is 9.22. The van der Waals surface area contributed by atoms with E-state index in [9.17, 15) is 0 Å². The first kappa shape index (κ1) is 62.1. The topological polar surface area (TPSA) is 25.8 Å². The van der Waals surface area contributed by atoms with Gasteiger partial charge in [-0.15, -0.1) is 0 Å². The summed E-state index contributed by atoms with van der Waals surface area (Å²) >= 11 is 0. The summed E-state index contributed by atoms with van der Waals surface area (Å²) in [7, 11) is 0. The molecule has 1 rings (SSSR count). The molecule has 2 heteroatoms. The maximum Gasteiger partial charge on any atom is 0.128 e. The highest BCUT2D eigenvalue weighted by Gasteiger charge is 2.14. The van der Waals surface area contributed by atoms with Gasteiger partial charge < -0.3 is 0 Å². The minimum absolute atomic E-state index is 0.970. The smallest absolute Gasteiger partial charge is 0.128 e. The Kier molecular flexibility index (Phi) is 50.1. The number of hydrogen-bond acceptors (Lipinski definition) is 2. The zero-order chi connectivity index (χ0) is 46.6. The average molecular weight is 908 g/mol. The fourth-order valence-electron chi connectivity index (χ4n) is 10.6. The number of aromatic nitrogens is 2. The van der Waals surface area contributed by atoms with Crippen LogP contribution in [-0.2, 0) is 25.7 Å². The van der Waals surface area contributed by atoms with E-state index in [1.165, 1.54) is 358 Å². The molecule has 0 atom stereocenters. The molecular formula is C63H122N2. The van der Waals surface area contributed by atoms with Crippen molar-refractivity contribution in [1.82, 2.24) is 9.97 Å². The molecule has 0 aromatic carbocycles. The van der Waals surface area contributed by atoms with Crippen LogP contribution < -0.4 is 0 Å². The van der Waals surface area contributed by atoms with Crippen LogP contribution >= 0.6 is 0 Å². The summed E-state index contributed by atoms with van der Waals surface area (Å²) in [6.07, 6.45) is 77.8. The molecule has 0 aliphatic heterocycles. The molecule has 1 aromatic heterocycles. The first-order valence-corrected chi connectivity index (χ1v) is 31.1. The van der Waals surface area contributed by atoms with E-state index in [2.05, 4.69) is 27.7 Å². The predicted octanol–water partition coefficient (Wildman–Crippen LogP) is 22.6. The van der Waals surface area contributed by atoms with Crippen LogP contribution in [0.25, 0.3) is 0 Å². The van der Waals surface area contributed by atoms with E-state index in [1.54, 1.807) is 5.56 Å². The van der Waals surface area contributed by atoms with Crippen molar-refractivity contribution in [2.24, 2.45) is 0 Å². The third kappa shape index (κ3) is 42.9. The first-order chi connectivity index (χ1) is 32.3. The molecule has 0 saturated carbocycles. The van der Waals surface area contributed by atoms with Crippen LogP contribution in [0, 0.1) is 0 Å². The largest absolute Gasteiger partial charge is 0.238 e. The van der Waals surface area contributed by atoms with E-state index in [-0.39, 0.29) is 0 Å². The molecule has 384 valence electrons. The van der Waals surface area contributed by atoms with E-state index in [4.69, 9.17) is 9.97 Å². The lowest BCUT2D eigenvalue weighted by molar-refractivity contribution is 0.524. The van der Waals surface area contributed by atoms with Crippen molar-refractivity contribution in [3.05, 3.63) is 22.8 Å². The molecule has 0 unspecified atom stereocenters. The van der Waals surface area contributed by atoms with Crippen molar-refractivity contribution in [2.75, 3.05) is 0 Å². The zero-order valence-corrected chi connectivity index (χ0v) is 45.8. The van der Waals surface area contributed by atoms with E-state index in [0.717, 1.165) is 12.2 Å². The molecule has 0 radical (unpaired) electrons. The van der Waals surface area contributed by atoms with Crippen LogP contribution in [0.2, 0.25) is 0 Å². The lowest BCUT2D eigenvalue weighted by Gasteiger charge is -2.16. The number of aryl methyl sites for hydroxylation is 3. The summed E-state index contributed by atoms with van der Waals surface area (Å²) < 4.78 is 0. The number of hydrogen-bond donors (Lipinski definition) is 0. The Labute approximate surface area is 411 Å². The van der Waals surface area contributed by atoms with E-state index in [1.807, 2.05) is 0 Å². The Bertz CT molecular complexity index is 988. The van der Waals surface area contributed by atoms with Crippen LogP contribution in [0.1, 0.15) is 378 Å². The van der Waals surface area contributed by atoms with Crippen molar-refractivity contribution in [2.45, 2.75) is 381 Å². The van der Waals surface area contributed by atoms with Gasteiger partial charge in [-0.3, -0.25) is 0 Å². The minimum Gasteiger partial charge on any atom is -0.238 e. The average Bonchev–Trinajstić information content (AvgIpc) is 3.32. The predicted molar refractivity (Wildman–Crippen MR) is 295 cm³/mol. The van der Waals surface area contributed by atoms with E-state index in [0.29, 0.717) is 0 Å². The third-order valence-electron chi connectivity index (χ3n) is 15.1. The second kappa shape index (κ2) is 52.5. The fourth-order valence-corrected chi connectivity index (χ4v) is 10.6. The number of unbranched alkanes of at least 4 members (excludes halogenated alkanes) is 48. The first-order valence-electron chi connectivity index (χ1n) is 31.1. The highest BCUT2D eigenvalue weighted by Crippen LogP contribution is 2.23. The van der Waals surface area contributed by atoms with Gasteiger partial charge in [0.1, 0.15) is 5.82 Å².